The summed E-state index contributed by atoms with van der Waals surface area (Å²) >= 11 is 11.9. The van der Waals surface area contributed by atoms with Crippen molar-refractivity contribution in [1.29, 1.82) is 0 Å². The lowest BCUT2D eigenvalue weighted by Crippen LogP contribution is -1.99. The lowest BCUT2D eigenvalue weighted by molar-refractivity contribution is 0.716. The highest BCUT2D eigenvalue weighted by atomic mass is 35.5. The number of rotatable bonds is 4. The average molecular weight is 381 g/mol. The third-order valence-corrected chi connectivity index (χ3v) is 4.54. The molecule has 0 amide bonds. The molecule has 0 fully saturated rings. The van der Waals surface area contributed by atoms with Crippen molar-refractivity contribution in [1.82, 2.24) is 14.0 Å². The van der Waals surface area contributed by atoms with Crippen LogP contribution >= 0.6 is 35.6 Å². The van der Waals surface area contributed by atoms with Crippen LogP contribution in [0.2, 0.25) is 5.02 Å². The molecule has 24 heavy (non-hydrogen) atoms. The zero-order valence-electron chi connectivity index (χ0n) is 12.8. The first-order valence-corrected chi connectivity index (χ1v) is 8.47. The molecular formula is C18H16Cl3N3. The van der Waals surface area contributed by atoms with Crippen molar-refractivity contribution in [3.63, 3.8) is 0 Å². The van der Waals surface area contributed by atoms with Crippen molar-refractivity contribution in [2.45, 2.75) is 13.0 Å². The van der Waals surface area contributed by atoms with Crippen LogP contribution in [0.5, 0.6) is 0 Å². The first kappa shape index (κ1) is 17.2. The second-order valence-corrected chi connectivity index (χ2v) is 6.30. The molecule has 124 valence electrons. The van der Waals surface area contributed by atoms with Crippen molar-refractivity contribution < 1.29 is 0 Å². The van der Waals surface area contributed by atoms with E-state index in [9.17, 15) is 0 Å². The van der Waals surface area contributed by atoms with Gasteiger partial charge in [0.15, 0.2) is 0 Å². The maximum Gasteiger partial charge on any atom is 0.215 e. The summed E-state index contributed by atoms with van der Waals surface area (Å²) in [7, 11) is 0. The van der Waals surface area contributed by atoms with Crippen molar-refractivity contribution in [2.24, 2.45) is 0 Å². The lowest BCUT2D eigenvalue weighted by atomic mass is 10.2. The third-order valence-electron chi connectivity index (χ3n) is 4.02. The maximum absolute atomic E-state index is 5.98. The molecule has 0 unspecified atom stereocenters. The molecule has 0 saturated heterocycles. The van der Waals surface area contributed by atoms with Gasteiger partial charge in [-0.2, -0.15) is 0 Å². The van der Waals surface area contributed by atoms with Crippen LogP contribution in [-0.2, 0) is 6.54 Å². The Hall–Kier alpha value is -1.68. The Kier molecular flexibility index (Phi) is 5.04. The molecule has 0 bridgehead atoms. The first-order chi connectivity index (χ1) is 11.3. The number of hydrogen-bond donors (Lipinski definition) is 0. The van der Waals surface area contributed by atoms with Crippen LogP contribution in [0, 0.1) is 0 Å². The molecular weight excluding hydrogens is 365 g/mol. The summed E-state index contributed by atoms with van der Waals surface area (Å²) in [6, 6.07) is 16.1. The van der Waals surface area contributed by atoms with Gasteiger partial charge in [0.2, 0.25) is 5.78 Å². The number of imidazole rings is 2. The fourth-order valence-electron chi connectivity index (χ4n) is 2.94. The van der Waals surface area contributed by atoms with Crippen LogP contribution in [0.25, 0.3) is 28.1 Å². The Morgan fingerprint density at radius 3 is 2.38 bits per heavy atom. The van der Waals surface area contributed by atoms with E-state index in [1.54, 1.807) is 0 Å². The molecule has 0 aliphatic heterocycles. The molecule has 0 radical (unpaired) electrons. The number of hydrogen-bond acceptors (Lipinski definition) is 1. The van der Waals surface area contributed by atoms with Gasteiger partial charge < -0.3 is 4.57 Å². The molecule has 4 rings (SSSR count). The normalized spacial score (nSPS) is 11.1. The van der Waals surface area contributed by atoms with E-state index >= 15 is 0 Å². The Morgan fingerprint density at radius 1 is 0.958 bits per heavy atom. The number of para-hydroxylation sites is 2. The number of halogens is 3. The summed E-state index contributed by atoms with van der Waals surface area (Å²) in [4.78, 5) is 4.84. The number of nitrogens with zero attached hydrogens (tertiary/aromatic N) is 3. The summed E-state index contributed by atoms with van der Waals surface area (Å²) < 4.78 is 4.38. The second kappa shape index (κ2) is 7.06. The van der Waals surface area contributed by atoms with E-state index in [0.29, 0.717) is 5.88 Å². The molecule has 0 atom stereocenters. The second-order valence-electron chi connectivity index (χ2n) is 5.49. The molecule has 2 aromatic heterocycles. The SMILES string of the molecule is Cl.ClCCCn1c2ccccc2n2cc(-c3ccc(Cl)cc3)nc12. The summed E-state index contributed by atoms with van der Waals surface area (Å²) in [6.07, 6.45) is 3.00. The van der Waals surface area contributed by atoms with Gasteiger partial charge in [0.25, 0.3) is 0 Å². The first-order valence-electron chi connectivity index (χ1n) is 7.56. The highest BCUT2D eigenvalue weighted by Crippen LogP contribution is 2.26. The van der Waals surface area contributed by atoms with Crippen molar-refractivity contribution in [3.8, 4) is 11.3 Å². The Bertz CT molecular complexity index is 970. The number of aromatic nitrogens is 3. The van der Waals surface area contributed by atoms with Gasteiger partial charge >= 0.3 is 0 Å². The van der Waals surface area contributed by atoms with E-state index in [2.05, 4.69) is 39.4 Å². The molecule has 0 N–H and O–H groups in total. The predicted octanol–water partition coefficient (Wildman–Crippen LogP) is 5.66. The number of alkyl halides is 1. The predicted molar refractivity (Wildman–Crippen MR) is 104 cm³/mol. The molecule has 4 aromatic rings. The van der Waals surface area contributed by atoms with Gasteiger partial charge in [-0.15, -0.1) is 24.0 Å². The van der Waals surface area contributed by atoms with E-state index in [4.69, 9.17) is 28.2 Å². The minimum atomic E-state index is 0. The van der Waals surface area contributed by atoms with Crippen LogP contribution in [-0.4, -0.2) is 19.8 Å². The van der Waals surface area contributed by atoms with E-state index in [1.165, 1.54) is 5.52 Å². The molecule has 0 aliphatic rings. The number of aryl methyl sites for hydroxylation is 1. The van der Waals surface area contributed by atoms with Crippen molar-refractivity contribution >= 4 is 52.4 Å². The Labute approximate surface area is 156 Å². The molecule has 3 nitrogen and oxygen atoms in total. The summed E-state index contributed by atoms with van der Waals surface area (Å²) in [5, 5.41) is 0.731. The number of benzene rings is 2. The third kappa shape index (κ3) is 2.88. The minimum Gasteiger partial charge on any atom is -0.310 e. The fraction of sp³-hybridized carbons (Fsp3) is 0.167. The van der Waals surface area contributed by atoms with Gasteiger partial charge in [-0.25, -0.2) is 4.98 Å². The van der Waals surface area contributed by atoms with Crippen LogP contribution in [0.15, 0.2) is 54.7 Å². The van der Waals surface area contributed by atoms with Gasteiger partial charge in [-0.1, -0.05) is 35.9 Å². The highest BCUT2D eigenvalue weighted by Gasteiger charge is 2.14. The van der Waals surface area contributed by atoms with Crippen LogP contribution < -0.4 is 0 Å². The molecule has 2 heterocycles. The highest BCUT2D eigenvalue weighted by molar-refractivity contribution is 6.30. The van der Waals surface area contributed by atoms with Crippen LogP contribution in [0.4, 0.5) is 0 Å². The summed E-state index contributed by atoms with van der Waals surface area (Å²) in [5.41, 5.74) is 4.35. The smallest absolute Gasteiger partial charge is 0.215 e. The van der Waals surface area contributed by atoms with Gasteiger partial charge in [-0.05, 0) is 30.7 Å². The average Bonchev–Trinajstić information content (AvgIpc) is 3.12. The van der Waals surface area contributed by atoms with Crippen molar-refractivity contribution in [3.05, 3.63) is 59.8 Å². The van der Waals surface area contributed by atoms with Gasteiger partial charge in [-0.3, -0.25) is 4.40 Å². The van der Waals surface area contributed by atoms with Crippen LogP contribution in [0.3, 0.4) is 0 Å². The van der Waals surface area contributed by atoms with Gasteiger partial charge in [0.1, 0.15) is 0 Å². The molecule has 6 heteroatoms. The monoisotopic (exact) mass is 379 g/mol. The number of fused-ring (bicyclic) bond motifs is 3. The lowest BCUT2D eigenvalue weighted by Gasteiger charge is -2.03. The largest absolute Gasteiger partial charge is 0.310 e. The van der Waals surface area contributed by atoms with E-state index in [-0.39, 0.29) is 12.4 Å². The van der Waals surface area contributed by atoms with Gasteiger partial charge in [0.05, 0.1) is 16.7 Å². The van der Waals surface area contributed by atoms with E-state index in [1.807, 2.05) is 24.3 Å². The zero-order chi connectivity index (χ0) is 15.8. The van der Waals surface area contributed by atoms with Gasteiger partial charge in [0, 0.05) is 29.2 Å². The molecule has 0 aliphatic carbocycles. The quantitative estimate of drug-likeness (QED) is 0.419. The van der Waals surface area contributed by atoms with Crippen LogP contribution in [0.1, 0.15) is 6.42 Å². The van der Waals surface area contributed by atoms with E-state index < -0.39 is 0 Å². The summed E-state index contributed by atoms with van der Waals surface area (Å²) in [5.74, 6) is 1.59. The van der Waals surface area contributed by atoms with E-state index in [0.717, 1.165) is 40.5 Å². The minimum absolute atomic E-state index is 0. The Balaban J connectivity index is 0.00000169. The molecule has 2 aromatic carbocycles. The maximum atomic E-state index is 5.98. The standard InChI is InChI=1S/C18H15Cl2N3.ClH/c19-10-3-11-22-16-4-1-2-5-17(16)23-12-15(21-18(22)23)13-6-8-14(20)9-7-13;/h1-2,4-9,12H,3,10-11H2;1H. The summed E-state index contributed by atoms with van der Waals surface area (Å²) in [6.45, 7) is 0.859. The topological polar surface area (TPSA) is 22.2 Å². The Morgan fingerprint density at radius 2 is 1.67 bits per heavy atom. The van der Waals surface area contributed by atoms with Crippen molar-refractivity contribution in [2.75, 3.05) is 5.88 Å². The molecule has 0 spiro atoms. The fourth-order valence-corrected chi connectivity index (χ4v) is 3.19. The molecule has 0 saturated carbocycles. The zero-order valence-corrected chi connectivity index (χ0v) is 15.2.